The lowest BCUT2D eigenvalue weighted by Gasteiger charge is -2.06. The molecule has 0 fully saturated rings. The van der Waals surface area contributed by atoms with Crippen LogP contribution < -0.4 is 5.32 Å². The second-order valence-electron chi connectivity index (χ2n) is 5.11. The van der Waals surface area contributed by atoms with Crippen molar-refractivity contribution in [3.8, 4) is 0 Å². The molecule has 0 radical (unpaired) electrons. The minimum atomic E-state index is 0.721. The number of rotatable bonds is 8. The van der Waals surface area contributed by atoms with Crippen molar-refractivity contribution in [2.24, 2.45) is 5.92 Å². The second-order valence-corrected chi connectivity index (χ2v) is 5.11. The van der Waals surface area contributed by atoms with Crippen molar-refractivity contribution in [3.63, 3.8) is 0 Å². The first kappa shape index (κ1) is 14.9. The topological polar surface area (TPSA) is 42.7 Å². The third kappa shape index (κ3) is 5.45. The highest BCUT2D eigenvalue weighted by Gasteiger charge is 2.02. The molecule has 0 aliphatic carbocycles. The molecule has 0 atom stereocenters. The Morgan fingerprint density at radius 3 is 2.94 bits per heavy atom. The largest absolute Gasteiger partial charge is 0.316 e. The standard InChI is InChI=1S/C14H26N4/c1-5-18-14(16-11-17-18)9-13(4)7-6-8-15-10-12(2)3/h7,11-12,15H,5-6,8-10H2,1-4H3. The Morgan fingerprint density at radius 2 is 2.28 bits per heavy atom. The van der Waals surface area contributed by atoms with Crippen LogP contribution in [0, 0.1) is 5.92 Å². The number of nitrogens with zero attached hydrogens (tertiary/aromatic N) is 3. The van der Waals surface area contributed by atoms with E-state index in [1.807, 2.05) is 4.68 Å². The first-order chi connectivity index (χ1) is 8.63. The molecular formula is C14H26N4. The van der Waals surface area contributed by atoms with Crippen molar-refractivity contribution in [2.75, 3.05) is 13.1 Å². The summed E-state index contributed by atoms with van der Waals surface area (Å²) in [6.07, 6.45) is 5.91. The van der Waals surface area contributed by atoms with Gasteiger partial charge in [-0.3, -0.25) is 4.68 Å². The SMILES string of the molecule is CCn1ncnc1CC(C)=CCCNCC(C)C. The maximum absolute atomic E-state index is 4.29. The van der Waals surface area contributed by atoms with Gasteiger partial charge in [0.05, 0.1) is 0 Å². The van der Waals surface area contributed by atoms with E-state index in [1.54, 1.807) is 6.33 Å². The quantitative estimate of drug-likeness (QED) is 0.569. The first-order valence-corrected chi connectivity index (χ1v) is 6.86. The van der Waals surface area contributed by atoms with E-state index in [0.29, 0.717) is 0 Å². The molecule has 1 N–H and O–H groups in total. The molecule has 4 heteroatoms. The van der Waals surface area contributed by atoms with Gasteiger partial charge in [0.2, 0.25) is 0 Å². The number of allylic oxidation sites excluding steroid dienone is 1. The van der Waals surface area contributed by atoms with Gasteiger partial charge in [-0.25, -0.2) is 4.98 Å². The van der Waals surface area contributed by atoms with E-state index >= 15 is 0 Å². The van der Waals surface area contributed by atoms with Gasteiger partial charge in [0.15, 0.2) is 0 Å². The summed E-state index contributed by atoms with van der Waals surface area (Å²) in [6, 6.07) is 0. The molecule has 1 heterocycles. The predicted octanol–water partition coefficient (Wildman–Crippen LogP) is 2.42. The molecule has 18 heavy (non-hydrogen) atoms. The molecule has 0 bridgehead atoms. The molecule has 0 saturated carbocycles. The molecule has 0 aliphatic heterocycles. The molecule has 0 aliphatic rings. The van der Waals surface area contributed by atoms with Crippen LogP contribution in [0.1, 0.15) is 39.9 Å². The van der Waals surface area contributed by atoms with E-state index < -0.39 is 0 Å². The van der Waals surface area contributed by atoms with Crippen LogP contribution in [0.4, 0.5) is 0 Å². The highest BCUT2D eigenvalue weighted by Crippen LogP contribution is 2.05. The Morgan fingerprint density at radius 1 is 1.50 bits per heavy atom. The summed E-state index contributed by atoms with van der Waals surface area (Å²) in [5.74, 6) is 1.78. The van der Waals surface area contributed by atoms with Crippen molar-refractivity contribution in [3.05, 3.63) is 23.8 Å². The molecule has 102 valence electrons. The lowest BCUT2D eigenvalue weighted by atomic mass is 10.1. The fourth-order valence-electron chi connectivity index (χ4n) is 1.82. The van der Waals surface area contributed by atoms with Crippen LogP contribution >= 0.6 is 0 Å². The molecule has 1 aromatic heterocycles. The van der Waals surface area contributed by atoms with E-state index in [4.69, 9.17) is 0 Å². The highest BCUT2D eigenvalue weighted by molar-refractivity contribution is 5.06. The van der Waals surface area contributed by atoms with Crippen LogP contribution in [-0.4, -0.2) is 27.9 Å². The van der Waals surface area contributed by atoms with Crippen LogP contribution in [0.3, 0.4) is 0 Å². The van der Waals surface area contributed by atoms with Crippen LogP contribution in [0.15, 0.2) is 18.0 Å². The van der Waals surface area contributed by atoms with E-state index in [-0.39, 0.29) is 0 Å². The molecule has 0 saturated heterocycles. The summed E-state index contributed by atoms with van der Waals surface area (Å²) in [6.45, 7) is 11.7. The summed E-state index contributed by atoms with van der Waals surface area (Å²) in [4.78, 5) is 4.29. The average Bonchev–Trinajstić information content (AvgIpc) is 2.75. The van der Waals surface area contributed by atoms with Gasteiger partial charge in [-0.05, 0) is 39.3 Å². The second kappa shape index (κ2) is 8.03. The minimum absolute atomic E-state index is 0.721. The Kier molecular flexibility index (Phi) is 6.65. The Labute approximate surface area is 110 Å². The summed E-state index contributed by atoms with van der Waals surface area (Å²) in [5.41, 5.74) is 1.36. The zero-order valence-electron chi connectivity index (χ0n) is 12.1. The summed E-state index contributed by atoms with van der Waals surface area (Å²) in [5, 5.41) is 7.63. The van der Waals surface area contributed by atoms with Gasteiger partial charge in [-0.15, -0.1) is 0 Å². The van der Waals surface area contributed by atoms with Gasteiger partial charge in [0, 0.05) is 13.0 Å². The molecule has 0 unspecified atom stereocenters. The smallest absolute Gasteiger partial charge is 0.138 e. The fourth-order valence-corrected chi connectivity index (χ4v) is 1.82. The molecule has 1 rings (SSSR count). The van der Waals surface area contributed by atoms with Gasteiger partial charge < -0.3 is 5.32 Å². The van der Waals surface area contributed by atoms with Gasteiger partial charge in [0.25, 0.3) is 0 Å². The van der Waals surface area contributed by atoms with Crippen molar-refractivity contribution < 1.29 is 0 Å². The normalized spacial score (nSPS) is 12.4. The van der Waals surface area contributed by atoms with E-state index in [2.05, 4.69) is 49.2 Å². The zero-order chi connectivity index (χ0) is 13.4. The molecule has 0 amide bonds. The molecule has 4 nitrogen and oxygen atoms in total. The Bertz CT molecular complexity index is 366. The van der Waals surface area contributed by atoms with Crippen LogP contribution in [-0.2, 0) is 13.0 Å². The number of nitrogens with one attached hydrogen (secondary N) is 1. The Balaban J connectivity index is 2.29. The third-order valence-electron chi connectivity index (χ3n) is 2.80. The van der Waals surface area contributed by atoms with E-state index in [9.17, 15) is 0 Å². The zero-order valence-corrected chi connectivity index (χ0v) is 12.1. The molecule has 1 aromatic rings. The summed E-state index contributed by atoms with van der Waals surface area (Å²) >= 11 is 0. The van der Waals surface area contributed by atoms with Crippen molar-refractivity contribution in [2.45, 2.75) is 47.1 Å². The van der Waals surface area contributed by atoms with Crippen molar-refractivity contribution in [1.29, 1.82) is 0 Å². The highest BCUT2D eigenvalue weighted by atomic mass is 15.3. The molecule has 0 spiro atoms. The van der Waals surface area contributed by atoms with Crippen LogP contribution in [0.5, 0.6) is 0 Å². The lowest BCUT2D eigenvalue weighted by Crippen LogP contribution is -2.20. The fraction of sp³-hybridized carbons (Fsp3) is 0.714. The van der Waals surface area contributed by atoms with Gasteiger partial charge in [-0.2, -0.15) is 5.10 Å². The lowest BCUT2D eigenvalue weighted by molar-refractivity contribution is 0.556. The molecular weight excluding hydrogens is 224 g/mol. The minimum Gasteiger partial charge on any atom is -0.316 e. The monoisotopic (exact) mass is 250 g/mol. The molecule has 0 aromatic carbocycles. The number of aryl methyl sites for hydroxylation is 1. The summed E-state index contributed by atoms with van der Waals surface area (Å²) < 4.78 is 1.95. The summed E-state index contributed by atoms with van der Waals surface area (Å²) in [7, 11) is 0. The Hall–Kier alpha value is -1.16. The third-order valence-corrected chi connectivity index (χ3v) is 2.80. The van der Waals surface area contributed by atoms with Crippen molar-refractivity contribution >= 4 is 0 Å². The van der Waals surface area contributed by atoms with Crippen LogP contribution in [0.2, 0.25) is 0 Å². The number of hydrogen-bond donors (Lipinski definition) is 1. The van der Waals surface area contributed by atoms with Gasteiger partial charge in [-0.1, -0.05) is 25.5 Å². The maximum Gasteiger partial charge on any atom is 0.138 e. The first-order valence-electron chi connectivity index (χ1n) is 6.86. The predicted molar refractivity (Wildman–Crippen MR) is 75.5 cm³/mol. The van der Waals surface area contributed by atoms with Crippen LogP contribution in [0.25, 0.3) is 0 Å². The van der Waals surface area contributed by atoms with Crippen molar-refractivity contribution in [1.82, 2.24) is 20.1 Å². The average molecular weight is 250 g/mol. The van der Waals surface area contributed by atoms with Gasteiger partial charge in [0.1, 0.15) is 12.2 Å². The van der Waals surface area contributed by atoms with Gasteiger partial charge >= 0.3 is 0 Å². The van der Waals surface area contributed by atoms with E-state index in [0.717, 1.165) is 44.2 Å². The maximum atomic E-state index is 4.29. The van der Waals surface area contributed by atoms with E-state index in [1.165, 1.54) is 5.57 Å². The number of hydrogen-bond acceptors (Lipinski definition) is 3. The number of aromatic nitrogens is 3.